The minimum Gasteiger partial charge on any atom is -0.405 e. The fourth-order valence-corrected chi connectivity index (χ4v) is 1.53. The molecule has 0 aliphatic rings. The molecule has 0 saturated heterocycles. The second-order valence-electron chi connectivity index (χ2n) is 3.62. The molecule has 0 aliphatic carbocycles. The summed E-state index contributed by atoms with van der Waals surface area (Å²) in [6.45, 7) is 0. The molecule has 0 amide bonds. The van der Waals surface area contributed by atoms with Crippen molar-refractivity contribution in [3.05, 3.63) is 48.2 Å². The maximum Gasteiger partial charge on any atom is 0.573 e. The van der Waals surface area contributed by atoms with Gasteiger partial charge in [-0.3, -0.25) is 4.98 Å². The summed E-state index contributed by atoms with van der Waals surface area (Å²) in [5.41, 5.74) is 1.17. The number of pyridine rings is 1. The smallest absolute Gasteiger partial charge is 0.405 e. The highest BCUT2D eigenvalue weighted by atomic mass is 19.4. The Morgan fingerprint density at radius 2 is 1.84 bits per heavy atom. The topological polar surface area (TPSA) is 22.1 Å². The molecule has 0 bridgehead atoms. The summed E-state index contributed by atoms with van der Waals surface area (Å²) in [6.07, 6.45) is 1.86. The van der Waals surface area contributed by atoms with Crippen molar-refractivity contribution in [2.45, 2.75) is 6.36 Å². The van der Waals surface area contributed by atoms with E-state index in [-0.39, 0.29) is 11.3 Å². The summed E-state index contributed by atoms with van der Waals surface area (Å²) in [6, 6.07) is 8.95. The first-order valence-electron chi connectivity index (χ1n) is 5.27. The zero-order valence-electron chi connectivity index (χ0n) is 9.61. The van der Waals surface area contributed by atoms with E-state index in [4.69, 9.17) is 6.42 Å². The average molecular weight is 263 g/mol. The first kappa shape index (κ1) is 13.0. The molecule has 0 fully saturated rings. The SMILES string of the molecule is C#Cc1ccc(-c2ccccc2OC(F)(F)F)nc1. The van der Waals surface area contributed by atoms with Gasteiger partial charge in [-0.2, -0.15) is 0 Å². The second-order valence-corrected chi connectivity index (χ2v) is 3.62. The van der Waals surface area contributed by atoms with Crippen LogP contribution in [0.1, 0.15) is 5.56 Å². The molecule has 0 N–H and O–H groups in total. The van der Waals surface area contributed by atoms with Crippen molar-refractivity contribution in [3.63, 3.8) is 0 Å². The van der Waals surface area contributed by atoms with Crippen LogP contribution in [-0.4, -0.2) is 11.3 Å². The van der Waals surface area contributed by atoms with Gasteiger partial charge in [-0.15, -0.1) is 19.6 Å². The quantitative estimate of drug-likeness (QED) is 0.772. The van der Waals surface area contributed by atoms with Gasteiger partial charge >= 0.3 is 6.36 Å². The van der Waals surface area contributed by atoms with Crippen molar-refractivity contribution in [1.82, 2.24) is 4.98 Å². The van der Waals surface area contributed by atoms with Gasteiger partial charge in [0.2, 0.25) is 0 Å². The van der Waals surface area contributed by atoms with E-state index in [1.54, 1.807) is 18.2 Å². The van der Waals surface area contributed by atoms with Gasteiger partial charge < -0.3 is 4.74 Å². The zero-order valence-corrected chi connectivity index (χ0v) is 9.61. The average Bonchev–Trinajstić information content (AvgIpc) is 2.38. The lowest BCUT2D eigenvalue weighted by Crippen LogP contribution is -2.17. The van der Waals surface area contributed by atoms with E-state index >= 15 is 0 Å². The van der Waals surface area contributed by atoms with Gasteiger partial charge in [0.15, 0.2) is 0 Å². The van der Waals surface area contributed by atoms with Gasteiger partial charge in [-0.25, -0.2) is 0 Å². The first-order chi connectivity index (χ1) is 8.99. The van der Waals surface area contributed by atoms with Crippen molar-refractivity contribution >= 4 is 0 Å². The molecule has 1 aromatic heterocycles. The normalized spacial score (nSPS) is 10.8. The lowest BCUT2D eigenvalue weighted by Gasteiger charge is -2.12. The number of ether oxygens (including phenoxy) is 1. The summed E-state index contributed by atoms with van der Waals surface area (Å²) in [7, 11) is 0. The van der Waals surface area contributed by atoms with Crippen LogP contribution >= 0.6 is 0 Å². The fourth-order valence-electron chi connectivity index (χ4n) is 1.53. The molecule has 2 rings (SSSR count). The van der Waals surface area contributed by atoms with Crippen molar-refractivity contribution in [1.29, 1.82) is 0 Å². The molecule has 19 heavy (non-hydrogen) atoms. The van der Waals surface area contributed by atoms with Crippen LogP contribution in [0.3, 0.4) is 0 Å². The molecule has 0 atom stereocenters. The molecule has 2 nitrogen and oxygen atoms in total. The Morgan fingerprint density at radius 3 is 2.42 bits per heavy atom. The monoisotopic (exact) mass is 263 g/mol. The number of alkyl halides is 3. The highest BCUT2D eigenvalue weighted by molar-refractivity contribution is 5.67. The Hall–Kier alpha value is -2.48. The van der Waals surface area contributed by atoms with Gasteiger partial charge in [-0.1, -0.05) is 18.1 Å². The molecule has 1 aromatic carbocycles. The van der Waals surface area contributed by atoms with Crippen molar-refractivity contribution in [2.24, 2.45) is 0 Å². The Bertz CT molecular complexity index is 612. The van der Waals surface area contributed by atoms with Gasteiger partial charge in [0.1, 0.15) is 5.75 Å². The molecular formula is C14H8F3NO. The number of para-hydroxylation sites is 1. The molecule has 5 heteroatoms. The van der Waals surface area contributed by atoms with Gasteiger partial charge in [0.05, 0.1) is 5.69 Å². The number of nitrogens with zero attached hydrogens (tertiary/aromatic N) is 1. The van der Waals surface area contributed by atoms with Crippen LogP contribution in [0.5, 0.6) is 5.75 Å². The molecular weight excluding hydrogens is 255 g/mol. The maximum atomic E-state index is 12.3. The molecule has 0 radical (unpaired) electrons. The minimum atomic E-state index is -4.74. The van der Waals surface area contributed by atoms with Gasteiger partial charge in [0.25, 0.3) is 0 Å². The third-order valence-electron chi connectivity index (χ3n) is 2.32. The van der Waals surface area contributed by atoms with Crippen LogP contribution in [0.25, 0.3) is 11.3 Å². The highest BCUT2D eigenvalue weighted by Gasteiger charge is 2.32. The number of rotatable bonds is 2. The standard InChI is InChI=1S/C14H8F3NO/c1-2-10-7-8-12(18-9-10)11-5-3-4-6-13(11)19-14(15,16)17/h1,3-9H. The van der Waals surface area contributed by atoms with Crippen molar-refractivity contribution in [3.8, 4) is 29.4 Å². The Balaban J connectivity index is 2.41. The summed E-state index contributed by atoms with van der Waals surface area (Å²) in [5, 5.41) is 0. The molecule has 1 heterocycles. The molecule has 2 aromatic rings. The Kier molecular flexibility index (Phi) is 3.43. The third kappa shape index (κ3) is 3.26. The number of terminal acetylenes is 1. The zero-order chi connectivity index (χ0) is 13.9. The van der Waals surface area contributed by atoms with Crippen LogP contribution in [-0.2, 0) is 0 Å². The predicted molar refractivity (Wildman–Crippen MR) is 64.3 cm³/mol. The van der Waals surface area contributed by atoms with E-state index in [9.17, 15) is 13.2 Å². The van der Waals surface area contributed by atoms with E-state index in [1.165, 1.54) is 24.4 Å². The van der Waals surface area contributed by atoms with Crippen LogP contribution < -0.4 is 4.74 Å². The third-order valence-corrected chi connectivity index (χ3v) is 2.32. The molecule has 0 spiro atoms. The van der Waals surface area contributed by atoms with Crippen LogP contribution in [0, 0.1) is 12.3 Å². The summed E-state index contributed by atoms with van der Waals surface area (Å²) in [5.74, 6) is 2.09. The molecule has 0 saturated carbocycles. The maximum absolute atomic E-state index is 12.3. The minimum absolute atomic E-state index is 0.253. The highest BCUT2D eigenvalue weighted by Crippen LogP contribution is 2.32. The van der Waals surface area contributed by atoms with Gasteiger partial charge in [-0.05, 0) is 24.3 Å². The summed E-state index contributed by atoms with van der Waals surface area (Å²) in [4.78, 5) is 4.02. The van der Waals surface area contributed by atoms with Crippen molar-refractivity contribution < 1.29 is 17.9 Å². The molecule has 96 valence electrons. The largest absolute Gasteiger partial charge is 0.573 e. The molecule has 0 aliphatic heterocycles. The second kappa shape index (κ2) is 5.02. The number of hydrogen-bond acceptors (Lipinski definition) is 2. The number of benzene rings is 1. The van der Waals surface area contributed by atoms with E-state index in [0.717, 1.165) is 0 Å². The number of halogens is 3. The van der Waals surface area contributed by atoms with E-state index in [0.29, 0.717) is 11.3 Å². The lowest BCUT2D eigenvalue weighted by atomic mass is 10.1. The summed E-state index contributed by atoms with van der Waals surface area (Å²) < 4.78 is 40.8. The van der Waals surface area contributed by atoms with E-state index < -0.39 is 6.36 Å². The van der Waals surface area contributed by atoms with Crippen molar-refractivity contribution in [2.75, 3.05) is 0 Å². The van der Waals surface area contributed by atoms with E-state index in [2.05, 4.69) is 15.6 Å². The van der Waals surface area contributed by atoms with Crippen LogP contribution in [0.4, 0.5) is 13.2 Å². The Morgan fingerprint density at radius 1 is 1.11 bits per heavy atom. The predicted octanol–water partition coefficient (Wildman–Crippen LogP) is 3.63. The van der Waals surface area contributed by atoms with E-state index in [1.807, 2.05) is 0 Å². The van der Waals surface area contributed by atoms with Gasteiger partial charge in [0, 0.05) is 17.3 Å². The number of hydrogen-bond donors (Lipinski definition) is 0. The Labute approximate surface area is 107 Å². The number of aromatic nitrogens is 1. The fraction of sp³-hybridized carbons (Fsp3) is 0.0714. The first-order valence-corrected chi connectivity index (χ1v) is 5.27. The van der Waals surface area contributed by atoms with Crippen LogP contribution in [0.15, 0.2) is 42.6 Å². The van der Waals surface area contributed by atoms with Crippen LogP contribution in [0.2, 0.25) is 0 Å². The lowest BCUT2D eigenvalue weighted by molar-refractivity contribution is -0.274. The summed E-state index contributed by atoms with van der Waals surface area (Å²) >= 11 is 0. The molecule has 0 unspecified atom stereocenters.